The number of carboxylic acids is 1. The number of methoxy groups -OCH3 is 2. The van der Waals surface area contributed by atoms with Crippen molar-refractivity contribution in [2.24, 2.45) is 0 Å². The minimum absolute atomic E-state index is 0.0192. The van der Waals surface area contributed by atoms with Crippen LogP contribution in [0.1, 0.15) is 36.1 Å². The molecule has 0 spiro atoms. The first-order valence-corrected chi connectivity index (χ1v) is 13.0. The molecule has 0 saturated heterocycles. The van der Waals surface area contributed by atoms with Gasteiger partial charge in [-0.3, -0.25) is 0 Å². The van der Waals surface area contributed by atoms with Crippen LogP contribution in [-0.4, -0.2) is 48.4 Å². The third-order valence-corrected chi connectivity index (χ3v) is 6.44. The lowest BCUT2D eigenvalue weighted by molar-refractivity contribution is -0.152. The van der Waals surface area contributed by atoms with Crippen molar-refractivity contribution in [2.75, 3.05) is 26.1 Å². The van der Waals surface area contributed by atoms with E-state index in [9.17, 15) is 41.0 Å². The van der Waals surface area contributed by atoms with E-state index >= 15 is 0 Å². The summed E-state index contributed by atoms with van der Waals surface area (Å²) in [5.41, 5.74) is -4.07. The summed E-state index contributed by atoms with van der Waals surface area (Å²) in [5.74, 6) is -0.304. The third kappa shape index (κ3) is 8.94. The van der Waals surface area contributed by atoms with Crippen LogP contribution in [0.4, 0.5) is 36.8 Å². The van der Waals surface area contributed by atoms with Crippen LogP contribution in [0.15, 0.2) is 60.7 Å². The Balaban J connectivity index is 1.92. The van der Waals surface area contributed by atoms with Gasteiger partial charge < -0.3 is 29.5 Å². The maximum Gasteiger partial charge on any atom is 0.416 e. The maximum atomic E-state index is 13.5. The minimum Gasteiger partial charge on any atom is -0.497 e. The van der Waals surface area contributed by atoms with Gasteiger partial charge >= 0.3 is 24.4 Å². The van der Waals surface area contributed by atoms with Gasteiger partial charge in [-0.25, -0.2) is 9.59 Å². The fourth-order valence-electron chi connectivity index (χ4n) is 4.01. The first-order chi connectivity index (χ1) is 20.4. The SMILES string of the molecule is COc1ccc(NC(=O)N(CCc2ccc(OC(C)(C)C(=O)O)cc2)Cc2cc(C(F)(F)F)cc(C(F)(F)F)c2)c(OC)c1. The van der Waals surface area contributed by atoms with Gasteiger partial charge in [0.1, 0.15) is 17.2 Å². The van der Waals surface area contributed by atoms with E-state index in [4.69, 9.17) is 14.2 Å². The standard InChI is InChI=1S/C30H30F6N2O6/c1-28(2,26(39)40)44-22-7-5-18(6-8-22)11-12-38(27(41)37-24-10-9-23(42-3)16-25(24)43-4)17-19-13-20(29(31,32)33)15-21(14-19)30(34,35)36/h5-10,13-16H,11-12,17H2,1-4H3,(H,37,41)(H,39,40). The number of alkyl halides is 6. The predicted molar refractivity (Wildman–Crippen MR) is 148 cm³/mol. The number of rotatable bonds is 11. The Kier molecular flexibility index (Phi) is 10.3. The van der Waals surface area contributed by atoms with Crippen molar-refractivity contribution in [3.8, 4) is 17.2 Å². The lowest BCUT2D eigenvalue weighted by Gasteiger charge is -2.25. The normalized spacial score (nSPS) is 12.0. The van der Waals surface area contributed by atoms with Crippen LogP contribution in [-0.2, 0) is 30.1 Å². The van der Waals surface area contributed by atoms with Crippen molar-refractivity contribution in [1.29, 1.82) is 0 Å². The smallest absolute Gasteiger partial charge is 0.416 e. The largest absolute Gasteiger partial charge is 0.497 e. The van der Waals surface area contributed by atoms with Crippen molar-refractivity contribution >= 4 is 17.7 Å². The van der Waals surface area contributed by atoms with Crippen molar-refractivity contribution in [1.82, 2.24) is 4.90 Å². The zero-order chi connectivity index (χ0) is 32.9. The van der Waals surface area contributed by atoms with Crippen molar-refractivity contribution < 1.29 is 55.2 Å². The lowest BCUT2D eigenvalue weighted by atomic mass is 10.0. The molecule has 0 fully saturated rings. The van der Waals surface area contributed by atoms with Gasteiger partial charge in [0.15, 0.2) is 5.60 Å². The van der Waals surface area contributed by atoms with E-state index in [1.807, 2.05) is 0 Å². The van der Waals surface area contributed by atoms with Gasteiger partial charge in [-0.1, -0.05) is 12.1 Å². The summed E-state index contributed by atoms with van der Waals surface area (Å²) in [5, 5.41) is 11.8. The van der Waals surface area contributed by atoms with Gasteiger partial charge in [0.2, 0.25) is 0 Å². The van der Waals surface area contributed by atoms with Crippen LogP contribution in [0, 0.1) is 0 Å². The lowest BCUT2D eigenvalue weighted by Crippen LogP contribution is -2.37. The molecule has 3 aromatic rings. The van der Waals surface area contributed by atoms with E-state index < -0.39 is 47.6 Å². The molecule has 0 atom stereocenters. The highest BCUT2D eigenvalue weighted by atomic mass is 19.4. The number of halogens is 6. The molecule has 0 radical (unpaired) electrons. The third-order valence-electron chi connectivity index (χ3n) is 6.44. The number of amides is 2. The van der Waals surface area contributed by atoms with Crippen molar-refractivity contribution in [2.45, 2.75) is 44.8 Å². The Morgan fingerprint density at radius 1 is 0.795 bits per heavy atom. The van der Waals surface area contributed by atoms with Crippen molar-refractivity contribution in [3.05, 3.63) is 82.9 Å². The van der Waals surface area contributed by atoms with E-state index in [0.717, 1.165) is 4.90 Å². The summed E-state index contributed by atoms with van der Waals surface area (Å²) in [4.78, 5) is 25.8. The second kappa shape index (κ2) is 13.3. The van der Waals surface area contributed by atoms with Gasteiger partial charge in [0.25, 0.3) is 0 Å². The Morgan fingerprint density at radius 3 is 1.86 bits per heavy atom. The number of urea groups is 1. The number of nitrogens with one attached hydrogen (secondary N) is 1. The fraction of sp³-hybridized carbons (Fsp3) is 0.333. The highest BCUT2D eigenvalue weighted by Crippen LogP contribution is 2.37. The summed E-state index contributed by atoms with van der Waals surface area (Å²) in [6, 6.07) is 11.0. The summed E-state index contributed by atoms with van der Waals surface area (Å²) >= 11 is 0. The quantitative estimate of drug-likeness (QED) is 0.217. The summed E-state index contributed by atoms with van der Waals surface area (Å²) < 4.78 is 96.8. The second-order valence-electron chi connectivity index (χ2n) is 10.1. The van der Waals surface area contributed by atoms with Crippen LogP contribution in [0.2, 0.25) is 0 Å². The molecule has 0 aliphatic rings. The number of aliphatic carboxylic acids is 1. The first kappa shape index (κ1) is 33.9. The number of nitrogens with zero attached hydrogens (tertiary/aromatic N) is 1. The van der Waals surface area contributed by atoms with E-state index in [-0.39, 0.29) is 41.8 Å². The Morgan fingerprint density at radius 2 is 1.36 bits per heavy atom. The zero-order valence-corrected chi connectivity index (χ0v) is 24.1. The van der Waals surface area contributed by atoms with Gasteiger partial charge in [0.05, 0.1) is 31.0 Å². The highest BCUT2D eigenvalue weighted by Gasteiger charge is 2.37. The highest BCUT2D eigenvalue weighted by molar-refractivity contribution is 5.91. The number of hydrogen-bond donors (Lipinski definition) is 2. The monoisotopic (exact) mass is 628 g/mol. The molecular formula is C30H30F6N2O6. The molecule has 0 saturated carbocycles. The average Bonchev–Trinajstić information content (AvgIpc) is 2.94. The van der Waals surface area contributed by atoms with E-state index in [1.54, 1.807) is 12.1 Å². The summed E-state index contributed by atoms with van der Waals surface area (Å²) in [6.07, 6.45) is -9.97. The minimum atomic E-state index is -5.06. The number of carbonyl (C=O) groups excluding carboxylic acids is 1. The van der Waals surface area contributed by atoms with Crippen LogP contribution in [0.3, 0.4) is 0 Å². The molecule has 0 aliphatic carbocycles. The second-order valence-corrected chi connectivity index (χ2v) is 10.1. The number of carbonyl (C=O) groups is 2. The van der Waals surface area contributed by atoms with Gasteiger partial charge in [-0.2, -0.15) is 26.3 Å². The zero-order valence-electron chi connectivity index (χ0n) is 24.1. The Hall–Kier alpha value is -4.62. The van der Waals surface area contributed by atoms with E-state index in [0.29, 0.717) is 23.4 Å². The summed E-state index contributed by atoms with van der Waals surface area (Å²) in [7, 11) is 2.76. The van der Waals surface area contributed by atoms with E-state index in [1.165, 1.54) is 58.4 Å². The molecular weight excluding hydrogens is 598 g/mol. The predicted octanol–water partition coefficient (Wildman–Crippen LogP) is 7.26. The molecule has 0 aromatic heterocycles. The van der Waals surface area contributed by atoms with Gasteiger partial charge in [-0.15, -0.1) is 0 Å². The molecule has 3 aromatic carbocycles. The molecule has 3 rings (SSSR count). The molecule has 44 heavy (non-hydrogen) atoms. The molecule has 0 heterocycles. The molecule has 2 N–H and O–H groups in total. The molecule has 0 bridgehead atoms. The average molecular weight is 629 g/mol. The van der Waals surface area contributed by atoms with Crippen LogP contribution in [0.5, 0.6) is 17.2 Å². The van der Waals surface area contributed by atoms with Crippen molar-refractivity contribution in [3.63, 3.8) is 0 Å². The molecule has 0 unspecified atom stereocenters. The topological polar surface area (TPSA) is 97.3 Å². The number of ether oxygens (including phenoxy) is 3. The Bertz CT molecular complexity index is 1440. The molecule has 2 amide bonds. The summed E-state index contributed by atoms with van der Waals surface area (Å²) in [6.45, 7) is 2.03. The maximum absolute atomic E-state index is 13.5. The van der Waals surface area contributed by atoms with E-state index in [2.05, 4.69) is 5.32 Å². The Labute approximate surface area is 249 Å². The number of anilines is 1. The van der Waals surface area contributed by atoms with Gasteiger partial charge in [0, 0.05) is 19.2 Å². The molecule has 14 heteroatoms. The molecule has 8 nitrogen and oxygen atoms in total. The van der Waals surface area contributed by atoms with Crippen LogP contribution < -0.4 is 19.5 Å². The van der Waals surface area contributed by atoms with Crippen LogP contribution in [0.25, 0.3) is 0 Å². The molecule has 0 aliphatic heterocycles. The van der Waals surface area contributed by atoms with Gasteiger partial charge in [-0.05, 0) is 73.9 Å². The number of hydrogen-bond acceptors (Lipinski definition) is 5. The first-order valence-electron chi connectivity index (χ1n) is 13.0. The fourth-order valence-corrected chi connectivity index (χ4v) is 4.01. The molecule has 238 valence electrons. The number of benzene rings is 3. The number of carboxylic acid groups (broad SMARTS) is 1. The van der Waals surface area contributed by atoms with Crippen LogP contribution >= 0.6 is 0 Å².